The Balaban J connectivity index is 2.81. The van der Waals surface area contributed by atoms with Crippen molar-refractivity contribution < 1.29 is 18.0 Å². The number of hydrogen-bond acceptors (Lipinski definition) is 4. The van der Waals surface area contributed by atoms with Crippen LogP contribution < -0.4 is 5.32 Å². The molecule has 1 rings (SSSR count). The van der Waals surface area contributed by atoms with Gasteiger partial charge in [-0.2, -0.15) is 0 Å². The molecule has 0 aliphatic heterocycles. The highest BCUT2D eigenvalue weighted by Crippen LogP contribution is 2.15. The van der Waals surface area contributed by atoms with Crippen LogP contribution in [0.15, 0.2) is 29.2 Å². The molecule has 112 valence electrons. The minimum absolute atomic E-state index is 0.0759. The molecule has 0 bridgehead atoms. The van der Waals surface area contributed by atoms with E-state index in [1.54, 1.807) is 0 Å². The summed E-state index contributed by atoms with van der Waals surface area (Å²) < 4.78 is 24.7. The Morgan fingerprint density at radius 1 is 1.30 bits per heavy atom. The summed E-state index contributed by atoms with van der Waals surface area (Å²) in [6, 6.07) is 5.74. The van der Waals surface area contributed by atoms with Crippen molar-refractivity contribution in [2.45, 2.75) is 24.7 Å². The molecule has 0 fully saturated rings. The first-order valence-electron chi connectivity index (χ1n) is 6.34. The molecule has 20 heavy (non-hydrogen) atoms. The van der Waals surface area contributed by atoms with E-state index in [1.165, 1.54) is 38.4 Å². The monoisotopic (exact) mass is 300 g/mol. The van der Waals surface area contributed by atoms with Crippen LogP contribution in [0.25, 0.3) is 0 Å². The summed E-state index contributed by atoms with van der Waals surface area (Å²) in [5.74, 6) is -0.206. The highest BCUT2D eigenvalue weighted by atomic mass is 32.2. The second kappa shape index (κ2) is 7.37. The van der Waals surface area contributed by atoms with Gasteiger partial charge in [0.25, 0.3) is 15.9 Å². The molecule has 1 aromatic carbocycles. The molecule has 0 saturated heterocycles. The number of nitrogens with one attached hydrogen (secondary N) is 1. The molecule has 0 aliphatic rings. The quantitative estimate of drug-likeness (QED) is 0.610. The van der Waals surface area contributed by atoms with Crippen LogP contribution in [-0.2, 0) is 14.9 Å². The van der Waals surface area contributed by atoms with E-state index in [1.807, 2.05) is 6.92 Å². The van der Waals surface area contributed by atoms with Crippen LogP contribution in [0.1, 0.15) is 30.1 Å². The van der Waals surface area contributed by atoms with Crippen molar-refractivity contribution in [2.24, 2.45) is 0 Å². The van der Waals surface area contributed by atoms with E-state index in [9.17, 15) is 13.2 Å². The van der Waals surface area contributed by atoms with Gasteiger partial charge in [-0.05, 0) is 30.7 Å². The number of rotatable bonds is 7. The Kier molecular flexibility index (Phi) is 6.12. The van der Waals surface area contributed by atoms with Crippen molar-refractivity contribution in [3.8, 4) is 0 Å². The summed E-state index contributed by atoms with van der Waals surface area (Å²) >= 11 is 0. The largest absolute Gasteiger partial charge is 0.352 e. The number of hydroxylamine groups is 1. The maximum absolute atomic E-state index is 12.0. The third kappa shape index (κ3) is 4.03. The maximum atomic E-state index is 12.0. The van der Waals surface area contributed by atoms with Crippen LogP contribution >= 0.6 is 0 Å². The van der Waals surface area contributed by atoms with Crippen molar-refractivity contribution >= 4 is 15.9 Å². The Morgan fingerprint density at radius 3 is 2.40 bits per heavy atom. The normalized spacial score (nSPS) is 11.6. The summed E-state index contributed by atoms with van der Waals surface area (Å²) in [6.07, 6.45) is 1.91. The molecular formula is C13H20N2O4S. The zero-order chi connectivity index (χ0) is 15.2. The van der Waals surface area contributed by atoms with Crippen LogP contribution in [0.4, 0.5) is 0 Å². The van der Waals surface area contributed by atoms with E-state index in [4.69, 9.17) is 0 Å². The lowest BCUT2D eigenvalue weighted by Gasteiger charge is -2.14. The lowest BCUT2D eigenvalue weighted by molar-refractivity contribution is -0.0258. The highest BCUT2D eigenvalue weighted by molar-refractivity contribution is 7.89. The summed E-state index contributed by atoms with van der Waals surface area (Å²) in [5, 5.41) is 2.77. The van der Waals surface area contributed by atoms with Gasteiger partial charge in [-0.3, -0.25) is 9.63 Å². The highest BCUT2D eigenvalue weighted by Gasteiger charge is 2.20. The van der Waals surface area contributed by atoms with Crippen molar-refractivity contribution in [3.05, 3.63) is 29.8 Å². The maximum Gasteiger partial charge on any atom is 0.264 e. The van der Waals surface area contributed by atoms with E-state index in [2.05, 4.69) is 10.2 Å². The Labute approximate surface area is 119 Å². The van der Waals surface area contributed by atoms with Gasteiger partial charge in [-0.15, -0.1) is 0 Å². The molecule has 7 heteroatoms. The van der Waals surface area contributed by atoms with Crippen LogP contribution in [0, 0.1) is 0 Å². The summed E-state index contributed by atoms with van der Waals surface area (Å²) in [5.41, 5.74) is 0.431. The standard InChI is InChI=1S/C13H20N2O4S/c1-4-5-10-14-13(16)11-6-8-12(9-7-11)20(17,18)15(2)19-3/h6-9H,4-5,10H2,1-3H3,(H,14,16). The molecule has 0 heterocycles. The van der Waals surface area contributed by atoms with Gasteiger partial charge in [-0.25, -0.2) is 8.42 Å². The first-order chi connectivity index (χ1) is 9.43. The van der Waals surface area contributed by atoms with Gasteiger partial charge >= 0.3 is 0 Å². The van der Waals surface area contributed by atoms with E-state index in [-0.39, 0.29) is 10.8 Å². The third-order valence-electron chi connectivity index (χ3n) is 2.83. The number of nitrogens with zero attached hydrogens (tertiary/aromatic N) is 1. The summed E-state index contributed by atoms with van der Waals surface area (Å²) in [7, 11) is -1.10. The lowest BCUT2D eigenvalue weighted by Crippen LogP contribution is -2.26. The van der Waals surface area contributed by atoms with Crippen molar-refractivity contribution in [1.29, 1.82) is 0 Å². The van der Waals surface area contributed by atoms with Crippen LogP contribution in [0.2, 0.25) is 0 Å². The average Bonchev–Trinajstić information content (AvgIpc) is 2.46. The fourth-order valence-corrected chi connectivity index (χ4v) is 2.48. The molecule has 0 saturated carbocycles. The molecule has 0 spiro atoms. The van der Waals surface area contributed by atoms with Crippen LogP contribution in [-0.4, -0.2) is 39.5 Å². The van der Waals surface area contributed by atoms with Gasteiger partial charge < -0.3 is 5.32 Å². The number of carbonyl (C=O) groups excluding carboxylic acids is 1. The van der Waals surface area contributed by atoms with Gasteiger partial charge in [0.1, 0.15) is 0 Å². The van der Waals surface area contributed by atoms with E-state index in [0.717, 1.165) is 17.3 Å². The molecular weight excluding hydrogens is 280 g/mol. The first kappa shape index (κ1) is 16.6. The molecule has 0 aromatic heterocycles. The number of amides is 1. The predicted octanol–water partition coefficient (Wildman–Crippen LogP) is 1.40. The minimum Gasteiger partial charge on any atom is -0.352 e. The van der Waals surface area contributed by atoms with Crippen molar-refractivity contribution in [3.63, 3.8) is 0 Å². The fraction of sp³-hybridized carbons (Fsp3) is 0.462. The predicted molar refractivity (Wildman–Crippen MR) is 75.6 cm³/mol. The van der Waals surface area contributed by atoms with Gasteiger partial charge in [0.2, 0.25) is 0 Å². The van der Waals surface area contributed by atoms with E-state index < -0.39 is 10.0 Å². The van der Waals surface area contributed by atoms with Gasteiger partial charge in [0.05, 0.1) is 12.0 Å². The van der Waals surface area contributed by atoms with Crippen LogP contribution in [0.3, 0.4) is 0 Å². The molecule has 0 atom stereocenters. The Bertz CT molecular complexity index is 540. The average molecular weight is 300 g/mol. The topological polar surface area (TPSA) is 75.7 Å². The van der Waals surface area contributed by atoms with Crippen molar-refractivity contribution in [1.82, 2.24) is 9.79 Å². The second-order valence-corrected chi connectivity index (χ2v) is 6.17. The molecule has 1 N–H and O–H groups in total. The summed E-state index contributed by atoms with van der Waals surface area (Å²) in [4.78, 5) is 16.5. The molecule has 0 aliphatic carbocycles. The second-order valence-electron chi connectivity index (χ2n) is 4.23. The van der Waals surface area contributed by atoms with Gasteiger partial charge in [0, 0.05) is 19.2 Å². The number of hydrogen-bond donors (Lipinski definition) is 1. The first-order valence-corrected chi connectivity index (χ1v) is 7.78. The lowest BCUT2D eigenvalue weighted by atomic mass is 10.2. The zero-order valence-corrected chi connectivity index (χ0v) is 12.7. The smallest absolute Gasteiger partial charge is 0.264 e. The zero-order valence-electron chi connectivity index (χ0n) is 11.9. The number of unbranched alkanes of at least 4 members (excludes halogenated alkanes) is 1. The Hall–Kier alpha value is -1.44. The fourth-order valence-electron chi connectivity index (χ4n) is 1.51. The third-order valence-corrected chi connectivity index (χ3v) is 4.52. The molecule has 0 unspecified atom stereocenters. The van der Waals surface area contributed by atoms with Gasteiger partial charge in [0.15, 0.2) is 0 Å². The number of carbonyl (C=O) groups is 1. The van der Waals surface area contributed by atoms with Crippen molar-refractivity contribution in [2.75, 3.05) is 20.7 Å². The SMILES string of the molecule is CCCCNC(=O)c1ccc(S(=O)(=O)N(C)OC)cc1. The number of benzene rings is 1. The molecule has 1 amide bonds. The summed E-state index contributed by atoms with van der Waals surface area (Å²) in [6.45, 7) is 2.65. The van der Waals surface area contributed by atoms with E-state index >= 15 is 0 Å². The molecule has 6 nitrogen and oxygen atoms in total. The minimum atomic E-state index is -3.67. The Morgan fingerprint density at radius 2 is 1.90 bits per heavy atom. The number of sulfonamides is 1. The van der Waals surface area contributed by atoms with Gasteiger partial charge in [-0.1, -0.05) is 17.8 Å². The molecule has 0 radical (unpaired) electrons. The van der Waals surface area contributed by atoms with Crippen LogP contribution in [0.5, 0.6) is 0 Å². The van der Waals surface area contributed by atoms with E-state index in [0.29, 0.717) is 12.1 Å². The molecule has 1 aromatic rings.